The second-order valence-electron chi connectivity index (χ2n) is 2.18. The number of hydrogen-bond donors (Lipinski definition) is 2. The Morgan fingerprint density at radius 1 is 1.55 bits per heavy atom. The fourth-order valence-electron chi connectivity index (χ4n) is 0.586. The lowest BCUT2D eigenvalue weighted by Crippen LogP contribution is -2.26. The van der Waals surface area contributed by atoms with Crippen molar-refractivity contribution in [1.29, 1.82) is 0 Å². The van der Waals surface area contributed by atoms with Gasteiger partial charge in [-0.15, -0.1) is 0 Å². The zero-order valence-electron chi connectivity index (χ0n) is 6.80. The number of carboxylic acids is 1. The molecule has 0 aliphatic carbocycles. The predicted octanol–water partition coefficient (Wildman–Crippen LogP) is 0.0872. The van der Waals surface area contributed by atoms with E-state index in [1.54, 1.807) is 0 Å². The van der Waals surface area contributed by atoms with Gasteiger partial charge in [0.05, 0.1) is 13.2 Å². The van der Waals surface area contributed by atoms with Gasteiger partial charge in [0.1, 0.15) is 0 Å². The lowest BCUT2D eigenvalue weighted by Gasteiger charge is -2.01. The third-order valence-corrected chi connectivity index (χ3v) is 1.05. The van der Waals surface area contributed by atoms with Crippen molar-refractivity contribution in [3.63, 3.8) is 0 Å². The van der Waals surface area contributed by atoms with Crippen LogP contribution in [-0.2, 0) is 9.53 Å². The summed E-state index contributed by atoms with van der Waals surface area (Å²) in [6, 6.07) is 0. The number of aliphatic carboxylic acids is 1. The maximum Gasteiger partial charge on any atom is 0.317 e. The largest absolute Gasteiger partial charge is 0.480 e. The van der Waals surface area contributed by atoms with Crippen molar-refractivity contribution in [2.75, 3.05) is 26.3 Å². The molecular weight excluding hydrogens is 146 g/mol. The standard InChI is InChI=1S/C7H15NO3/c1-2-4-11-5-3-8-6-7(9)10/h8H,2-6H2,1H3,(H,9,10). The molecule has 0 rings (SSSR count). The molecule has 0 amide bonds. The monoisotopic (exact) mass is 161 g/mol. The van der Waals surface area contributed by atoms with Crippen LogP contribution < -0.4 is 5.32 Å². The van der Waals surface area contributed by atoms with Crippen molar-refractivity contribution < 1.29 is 14.6 Å². The van der Waals surface area contributed by atoms with E-state index in [-0.39, 0.29) is 6.54 Å². The van der Waals surface area contributed by atoms with Crippen molar-refractivity contribution in [1.82, 2.24) is 5.32 Å². The highest BCUT2D eigenvalue weighted by atomic mass is 16.5. The summed E-state index contributed by atoms with van der Waals surface area (Å²) in [5.74, 6) is -0.833. The molecule has 0 bridgehead atoms. The average molecular weight is 161 g/mol. The molecule has 0 unspecified atom stereocenters. The summed E-state index contributed by atoms with van der Waals surface area (Å²) >= 11 is 0. The van der Waals surface area contributed by atoms with Crippen LogP contribution in [-0.4, -0.2) is 37.4 Å². The SMILES string of the molecule is CCCOCCNCC(=O)O. The number of nitrogens with one attached hydrogen (secondary N) is 1. The summed E-state index contributed by atoms with van der Waals surface area (Å²) in [6.45, 7) is 3.97. The van der Waals surface area contributed by atoms with Gasteiger partial charge < -0.3 is 15.2 Å². The molecule has 0 saturated carbocycles. The quantitative estimate of drug-likeness (QED) is 0.519. The Morgan fingerprint density at radius 3 is 2.82 bits per heavy atom. The van der Waals surface area contributed by atoms with Crippen LogP contribution in [0.1, 0.15) is 13.3 Å². The minimum Gasteiger partial charge on any atom is -0.480 e. The topological polar surface area (TPSA) is 58.6 Å². The highest BCUT2D eigenvalue weighted by molar-refractivity contribution is 5.68. The van der Waals surface area contributed by atoms with E-state index in [1.807, 2.05) is 6.92 Å². The average Bonchev–Trinajstić information content (AvgIpc) is 1.96. The van der Waals surface area contributed by atoms with E-state index < -0.39 is 5.97 Å². The fourth-order valence-corrected chi connectivity index (χ4v) is 0.586. The number of carboxylic acid groups (broad SMARTS) is 1. The van der Waals surface area contributed by atoms with Gasteiger partial charge in [0.2, 0.25) is 0 Å². The number of ether oxygens (including phenoxy) is 1. The predicted molar refractivity (Wildman–Crippen MR) is 41.6 cm³/mol. The molecule has 0 aromatic heterocycles. The first-order valence-corrected chi connectivity index (χ1v) is 3.77. The number of hydrogen-bond acceptors (Lipinski definition) is 3. The third-order valence-electron chi connectivity index (χ3n) is 1.05. The fraction of sp³-hybridized carbons (Fsp3) is 0.857. The highest BCUT2D eigenvalue weighted by Gasteiger charge is 1.93. The summed E-state index contributed by atoms with van der Waals surface area (Å²) < 4.78 is 5.11. The van der Waals surface area contributed by atoms with Crippen molar-refractivity contribution in [3.05, 3.63) is 0 Å². The minimum atomic E-state index is -0.833. The van der Waals surface area contributed by atoms with Gasteiger partial charge in [0, 0.05) is 13.2 Å². The maximum absolute atomic E-state index is 9.98. The van der Waals surface area contributed by atoms with E-state index in [9.17, 15) is 4.79 Å². The maximum atomic E-state index is 9.98. The highest BCUT2D eigenvalue weighted by Crippen LogP contribution is 1.77. The molecule has 4 nitrogen and oxygen atoms in total. The molecule has 0 heterocycles. The first-order chi connectivity index (χ1) is 5.27. The molecule has 0 atom stereocenters. The van der Waals surface area contributed by atoms with Crippen LogP contribution in [0.25, 0.3) is 0 Å². The van der Waals surface area contributed by atoms with Gasteiger partial charge in [-0.3, -0.25) is 4.79 Å². The van der Waals surface area contributed by atoms with Crippen LogP contribution in [0.4, 0.5) is 0 Å². The molecule has 0 aromatic carbocycles. The Morgan fingerprint density at radius 2 is 2.27 bits per heavy atom. The molecule has 0 saturated heterocycles. The van der Waals surface area contributed by atoms with E-state index in [4.69, 9.17) is 9.84 Å². The lowest BCUT2D eigenvalue weighted by molar-refractivity contribution is -0.136. The molecule has 0 aliphatic heterocycles. The van der Waals surface area contributed by atoms with Crippen molar-refractivity contribution in [3.8, 4) is 0 Å². The van der Waals surface area contributed by atoms with E-state index in [0.29, 0.717) is 13.2 Å². The van der Waals surface area contributed by atoms with Gasteiger partial charge in [-0.25, -0.2) is 0 Å². The van der Waals surface area contributed by atoms with Crippen LogP contribution in [0.3, 0.4) is 0 Å². The van der Waals surface area contributed by atoms with Crippen molar-refractivity contribution in [2.24, 2.45) is 0 Å². The first-order valence-electron chi connectivity index (χ1n) is 3.77. The van der Waals surface area contributed by atoms with Crippen LogP contribution in [0, 0.1) is 0 Å². The number of carbonyl (C=O) groups is 1. The Kier molecular flexibility index (Phi) is 7.08. The van der Waals surface area contributed by atoms with Crippen LogP contribution in [0.2, 0.25) is 0 Å². The van der Waals surface area contributed by atoms with E-state index in [1.165, 1.54) is 0 Å². The van der Waals surface area contributed by atoms with Crippen LogP contribution >= 0.6 is 0 Å². The van der Waals surface area contributed by atoms with Gasteiger partial charge >= 0.3 is 5.97 Å². The minimum absolute atomic E-state index is 0.00941. The van der Waals surface area contributed by atoms with Gasteiger partial charge in [0.15, 0.2) is 0 Å². The zero-order valence-corrected chi connectivity index (χ0v) is 6.80. The second kappa shape index (κ2) is 7.50. The van der Waals surface area contributed by atoms with Gasteiger partial charge in [0.25, 0.3) is 0 Å². The van der Waals surface area contributed by atoms with E-state index >= 15 is 0 Å². The Bertz CT molecular complexity index is 106. The smallest absolute Gasteiger partial charge is 0.317 e. The van der Waals surface area contributed by atoms with Gasteiger partial charge in [-0.2, -0.15) is 0 Å². The lowest BCUT2D eigenvalue weighted by atomic mass is 10.5. The normalized spacial score (nSPS) is 9.91. The molecule has 0 radical (unpaired) electrons. The zero-order chi connectivity index (χ0) is 8.53. The Balaban J connectivity index is 2.85. The van der Waals surface area contributed by atoms with Crippen molar-refractivity contribution >= 4 is 5.97 Å². The van der Waals surface area contributed by atoms with Crippen molar-refractivity contribution in [2.45, 2.75) is 13.3 Å². The molecule has 0 aliphatic rings. The first kappa shape index (κ1) is 10.4. The molecule has 11 heavy (non-hydrogen) atoms. The van der Waals surface area contributed by atoms with E-state index in [2.05, 4.69) is 5.32 Å². The Hall–Kier alpha value is -0.610. The number of rotatable bonds is 7. The van der Waals surface area contributed by atoms with Crippen LogP contribution in [0.15, 0.2) is 0 Å². The van der Waals surface area contributed by atoms with E-state index in [0.717, 1.165) is 13.0 Å². The molecule has 0 spiro atoms. The van der Waals surface area contributed by atoms with Gasteiger partial charge in [-0.1, -0.05) is 6.92 Å². The summed E-state index contributed by atoms with van der Waals surface area (Å²) in [4.78, 5) is 9.98. The van der Waals surface area contributed by atoms with Crippen LogP contribution in [0.5, 0.6) is 0 Å². The molecule has 66 valence electrons. The molecule has 2 N–H and O–H groups in total. The molecule has 0 aromatic rings. The second-order valence-corrected chi connectivity index (χ2v) is 2.18. The summed E-state index contributed by atoms with van der Waals surface area (Å²) in [7, 11) is 0. The molecule has 4 heteroatoms. The summed E-state index contributed by atoms with van der Waals surface area (Å²) in [5.41, 5.74) is 0. The molecule has 0 fully saturated rings. The molecular formula is C7H15NO3. The third kappa shape index (κ3) is 9.39. The summed E-state index contributed by atoms with van der Waals surface area (Å²) in [5, 5.41) is 10.9. The Labute approximate surface area is 66.5 Å². The van der Waals surface area contributed by atoms with Gasteiger partial charge in [-0.05, 0) is 6.42 Å². The summed E-state index contributed by atoms with van der Waals surface area (Å²) in [6.07, 6.45) is 0.999.